The topological polar surface area (TPSA) is 17.8 Å². The van der Waals surface area contributed by atoms with Crippen molar-refractivity contribution in [2.75, 3.05) is 0 Å². The molecular formula is C17H12N2. The number of fused-ring (bicyclic) bond motifs is 2. The quantitative estimate of drug-likeness (QED) is 0.459. The predicted octanol–water partition coefficient (Wildman–Crippen LogP) is 4.18. The van der Waals surface area contributed by atoms with Crippen molar-refractivity contribution in [2.45, 2.75) is 0 Å². The van der Waals surface area contributed by atoms with E-state index in [1.165, 1.54) is 21.5 Å². The molecule has 0 atom stereocenters. The summed E-state index contributed by atoms with van der Waals surface area (Å²) in [6.07, 6.45) is 3.76. The van der Waals surface area contributed by atoms with Crippen LogP contribution in [0.1, 0.15) is 0 Å². The Balaban J connectivity index is 2.00. The molecule has 2 nitrogen and oxygen atoms in total. The Morgan fingerprint density at radius 2 is 1.42 bits per heavy atom. The maximum absolute atomic E-state index is 4.27. The lowest BCUT2D eigenvalue weighted by Gasteiger charge is -2.05. The van der Waals surface area contributed by atoms with Crippen molar-refractivity contribution in [3.63, 3.8) is 0 Å². The van der Waals surface area contributed by atoms with Crippen LogP contribution >= 0.6 is 0 Å². The highest BCUT2D eigenvalue weighted by molar-refractivity contribution is 5.98. The van der Waals surface area contributed by atoms with Crippen LogP contribution in [0.4, 0.5) is 0 Å². The Labute approximate surface area is 110 Å². The minimum absolute atomic E-state index is 1.09. The molecule has 0 saturated carbocycles. The van der Waals surface area contributed by atoms with Crippen LogP contribution in [0.2, 0.25) is 0 Å². The van der Waals surface area contributed by atoms with Gasteiger partial charge >= 0.3 is 0 Å². The number of rotatable bonds is 1. The average Bonchev–Trinajstić information content (AvgIpc) is 2.98. The zero-order valence-electron chi connectivity index (χ0n) is 10.3. The summed E-state index contributed by atoms with van der Waals surface area (Å²) >= 11 is 0. The molecule has 0 amide bonds. The number of aromatic nitrogens is 2. The van der Waals surface area contributed by atoms with Gasteiger partial charge in [0.05, 0.1) is 5.69 Å². The van der Waals surface area contributed by atoms with E-state index in [0.29, 0.717) is 0 Å². The fourth-order valence-electron chi connectivity index (χ4n) is 2.49. The molecule has 0 N–H and O–H groups in total. The highest BCUT2D eigenvalue weighted by Gasteiger charge is 2.01. The van der Waals surface area contributed by atoms with Gasteiger partial charge in [0.2, 0.25) is 0 Å². The lowest BCUT2D eigenvalue weighted by molar-refractivity contribution is 0.882. The lowest BCUT2D eigenvalue weighted by atomic mass is 10.0. The van der Waals surface area contributed by atoms with E-state index in [1.807, 2.05) is 16.9 Å². The SMILES string of the molecule is c1ccc2cc3cc(-n4cccn4)ccc3cc2c1. The fraction of sp³-hybridized carbons (Fsp3) is 0. The molecular weight excluding hydrogens is 232 g/mol. The Morgan fingerprint density at radius 3 is 2.16 bits per heavy atom. The van der Waals surface area contributed by atoms with Crippen molar-refractivity contribution < 1.29 is 0 Å². The van der Waals surface area contributed by atoms with E-state index in [2.05, 4.69) is 59.7 Å². The van der Waals surface area contributed by atoms with Gasteiger partial charge in [0.25, 0.3) is 0 Å². The van der Waals surface area contributed by atoms with Crippen molar-refractivity contribution >= 4 is 21.5 Å². The van der Waals surface area contributed by atoms with Crippen LogP contribution in [-0.4, -0.2) is 9.78 Å². The summed E-state index contributed by atoms with van der Waals surface area (Å²) in [5.41, 5.74) is 1.09. The van der Waals surface area contributed by atoms with E-state index in [4.69, 9.17) is 0 Å². The lowest BCUT2D eigenvalue weighted by Crippen LogP contribution is -1.93. The molecule has 3 aromatic carbocycles. The maximum Gasteiger partial charge on any atom is 0.0651 e. The van der Waals surface area contributed by atoms with Gasteiger partial charge in [-0.2, -0.15) is 5.10 Å². The van der Waals surface area contributed by atoms with Crippen LogP contribution in [-0.2, 0) is 0 Å². The first-order valence-electron chi connectivity index (χ1n) is 6.33. The largest absolute Gasteiger partial charge is 0.241 e. The number of benzene rings is 3. The van der Waals surface area contributed by atoms with Crippen molar-refractivity contribution in [3.8, 4) is 5.69 Å². The van der Waals surface area contributed by atoms with Gasteiger partial charge in [-0.25, -0.2) is 4.68 Å². The maximum atomic E-state index is 4.27. The molecule has 4 aromatic rings. The van der Waals surface area contributed by atoms with E-state index >= 15 is 0 Å². The van der Waals surface area contributed by atoms with Crippen LogP contribution in [0.3, 0.4) is 0 Å². The molecule has 0 radical (unpaired) electrons. The molecule has 90 valence electrons. The van der Waals surface area contributed by atoms with Crippen molar-refractivity contribution in [2.24, 2.45) is 0 Å². The predicted molar refractivity (Wildman–Crippen MR) is 78.6 cm³/mol. The molecule has 0 unspecified atom stereocenters. The molecule has 19 heavy (non-hydrogen) atoms. The fourth-order valence-corrected chi connectivity index (χ4v) is 2.49. The molecule has 0 saturated heterocycles. The third kappa shape index (κ3) is 1.69. The molecule has 0 aliphatic heterocycles. The summed E-state index contributed by atoms with van der Waals surface area (Å²) in [6.45, 7) is 0. The van der Waals surface area contributed by atoms with Gasteiger partial charge in [0, 0.05) is 12.4 Å². The van der Waals surface area contributed by atoms with E-state index in [-0.39, 0.29) is 0 Å². The Kier molecular flexibility index (Phi) is 2.15. The standard InChI is InChI=1S/C17H12N2/c1-2-5-14-11-16-12-17(19-9-3-8-18-19)7-6-15(16)10-13(14)4-1/h1-12H. The number of nitrogens with zero attached hydrogens (tertiary/aromatic N) is 2. The molecule has 0 fully saturated rings. The first kappa shape index (κ1) is 10.3. The second-order valence-corrected chi connectivity index (χ2v) is 4.68. The number of hydrogen-bond donors (Lipinski definition) is 0. The summed E-state index contributed by atoms with van der Waals surface area (Å²) in [4.78, 5) is 0. The van der Waals surface area contributed by atoms with E-state index < -0.39 is 0 Å². The van der Waals surface area contributed by atoms with E-state index in [0.717, 1.165) is 5.69 Å². The van der Waals surface area contributed by atoms with E-state index in [1.54, 1.807) is 6.20 Å². The summed E-state index contributed by atoms with van der Waals surface area (Å²) in [5.74, 6) is 0. The van der Waals surface area contributed by atoms with Gasteiger partial charge < -0.3 is 0 Å². The highest BCUT2D eigenvalue weighted by Crippen LogP contribution is 2.24. The van der Waals surface area contributed by atoms with Gasteiger partial charge in [-0.1, -0.05) is 30.3 Å². The van der Waals surface area contributed by atoms with Crippen LogP contribution in [0, 0.1) is 0 Å². The Morgan fingerprint density at radius 1 is 0.684 bits per heavy atom. The number of hydrogen-bond acceptors (Lipinski definition) is 1. The van der Waals surface area contributed by atoms with Gasteiger partial charge in [0.15, 0.2) is 0 Å². The van der Waals surface area contributed by atoms with Gasteiger partial charge in [-0.3, -0.25) is 0 Å². The van der Waals surface area contributed by atoms with Crippen LogP contribution in [0.5, 0.6) is 0 Å². The third-order valence-corrected chi connectivity index (χ3v) is 3.46. The Bertz CT molecular complexity index is 861. The van der Waals surface area contributed by atoms with Crippen molar-refractivity contribution in [1.29, 1.82) is 0 Å². The van der Waals surface area contributed by atoms with Crippen LogP contribution in [0.25, 0.3) is 27.2 Å². The molecule has 1 heterocycles. The van der Waals surface area contributed by atoms with Crippen molar-refractivity contribution in [3.05, 3.63) is 73.1 Å². The summed E-state index contributed by atoms with van der Waals surface area (Å²) < 4.78 is 1.88. The average molecular weight is 244 g/mol. The molecule has 0 aliphatic rings. The molecule has 2 heteroatoms. The second-order valence-electron chi connectivity index (χ2n) is 4.68. The first-order chi connectivity index (χ1) is 9.40. The summed E-state index contributed by atoms with van der Waals surface area (Å²) in [6, 6.07) is 21.3. The summed E-state index contributed by atoms with van der Waals surface area (Å²) in [5, 5.41) is 9.32. The normalized spacial score (nSPS) is 11.2. The van der Waals surface area contributed by atoms with E-state index in [9.17, 15) is 0 Å². The third-order valence-electron chi connectivity index (χ3n) is 3.46. The van der Waals surface area contributed by atoms with Gasteiger partial charge in [0.1, 0.15) is 0 Å². The highest BCUT2D eigenvalue weighted by atomic mass is 15.3. The minimum atomic E-state index is 1.09. The van der Waals surface area contributed by atoms with Crippen molar-refractivity contribution in [1.82, 2.24) is 9.78 Å². The smallest absolute Gasteiger partial charge is 0.0651 e. The molecule has 0 spiro atoms. The molecule has 4 rings (SSSR count). The van der Waals surface area contributed by atoms with Gasteiger partial charge in [-0.15, -0.1) is 0 Å². The molecule has 0 aliphatic carbocycles. The zero-order chi connectivity index (χ0) is 12.7. The first-order valence-corrected chi connectivity index (χ1v) is 6.33. The Hall–Kier alpha value is -2.61. The molecule has 1 aromatic heterocycles. The minimum Gasteiger partial charge on any atom is -0.241 e. The van der Waals surface area contributed by atoms with Crippen LogP contribution < -0.4 is 0 Å². The monoisotopic (exact) mass is 244 g/mol. The van der Waals surface area contributed by atoms with Crippen LogP contribution in [0.15, 0.2) is 73.1 Å². The van der Waals surface area contributed by atoms with Gasteiger partial charge in [-0.05, 0) is 51.9 Å². The molecule has 0 bridgehead atoms. The second kappa shape index (κ2) is 3.95. The zero-order valence-corrected chi connectivity index (χ0v) is 10.3. The summed E-state index contributed by atoms with van der Waals surface area (Å²) in [7, 11) is 0.